The maximum absolute atomic E-state index is 11.7. The summed E-state index contributed by atoms with van der Waals surface area (Å²) >= 11 is 3.48. The van der Waals surface area contributed by atoms with Crippen LogP contribution >= 0.6 is 22.7 Å². The number of carboxylic acids is 1. The molecule has 2 aromatic heterocycles. The highest BCUT2D eigenvalue weighted by Crippen LogP contribution is 2.46. The van der Waals surface area contributed by atoms with E-state index in [0.29, 0.717) is 0 Å². The number of thiophene rings is 2. The first-order valence-corrected chi connectivity index (χ1v) is 20.0. The third-order valence-electron chi connectivity index (χ3n) is 9.40. The number of benzene rings is 3. The number of aliphatic carboxylic acids is 1. The van der Waals surface area contributed by atoms with Gasteiger partial charge in [0.05, 0.1) is 0 Å². The number of hydrogen-bond donors (Lipinski definition) is 1. The summed E-state index contributed by atoms with van der Waals surface area (Å²) in [6, 6.07) is 30.6. The first kappa shape index (κ1) is 37.8. The van der Waals surface area contributed by atoms with E-state index in [0.717, 1.165) is 47.6 Å². The topological polar surface area (TPSA) is 64.3 Å². The molecule has 3 aromatic carbocycles. The molecule has 51 heavy (non-hydrogen) atoms. The van der Waals surface area contributed by atoms with Crippen LogP contribution in [0.3, 0.4) is 0 Å². The summed E-state index contributed by atoms with van der Waals surface area (Å²) in [5.74, 6) is -1.19. The molecule has 6 heteroatoms. The van der Waals surface area contributed by atoms with Gasteiger partial charge in [0, 0.05) is 36.6 Å². The van der Waals surface area contributed by atoms with Crippen molar-refractivity contribution >= 4 is 51.8 Å². The Kier molecular flexibility index (Phi) is 13.5. The highest BCUT2D eigenvalue weighted by Gasteiger charge is 2.21. The summed E-state index contributed by atoms with van der Waals surface area (Å²) in [7, 11) is 0. The van der Waals surface area contributed by atoms with Gasteiger partial charge in [-0.1, -0.05) is 93.8 Å². The molecule has 4 nitrogen and oxygen atoms in total. The van der Waals surface area contributed by atoms with E-state index >= 15 is 0 Å². The summed E-state index contributed by atoms with van der Waals surface area (Å²) in [5.41, 5.74) is 10.7. The van der Waals surface area contributed by atoms with E-state index < -0.39 is 5.97 Å². The lowest BCUT2D eigenvalue weighted by Crippen LogP contribution is -2.10. The first-order valence-electron chi connectivity index (χ1n) is 18.4. The van der Waals surface area contributed by atoms with E-state index in [1.807, 2.05) is 17.4 Å². The maximum atomic E-state index is 11.7. The van der Waals surface area contributed by atoms with Crippen LogP contribution in [0.15, 0.2) is 84.4 Å². The molecule has 0 radical (unpaired) electrons. The van der Waals surface area contributed by atoms with E-state index in [4.69, 9.17) is 0 Å². The summed E-state index contributed by atoms with van der Waals surface area (Å²) in [5, 5.41) is 19.1. The maximum Gasteiger partial charge on any atom is 0.346 e. The van der Waals surface area contributed by atoms with Gasteiger partial charge in [-0.3, -0.25) is 0 Å². The lowest BCUT2D eigenvalue weighted by molar-refractivity contribution is -0.132. The normalized spacial score (nSPS) is 11.5. The second-order valence-corrected chi connectivity index (χ2v) is 15.7. The van der Waals surface area contributed by atoms with Gasteiger partial charge in [-0.15, -0.1) is 22.7 Å². The lowest BCUT2D eigenvalue weighted by Gasteiger charge is -2.26. The van der Waals surface area contributed by atoms with E-state index in [2.05, 4.69) is 118 Å². The van der Waals surface area contributed by atoms with Crippen LogP contribution in [-0.4, -0.2) is 11.1 Å². The van der Waals surface area contributed by atoms with Crippen molar-refractivity contribution in [3.8, 4) is 26.3 Å². The molecule has 0 fully saturated rings. The summed E-state index contributed by atoms with van der Waals surface area (Å²) < 4.78 is 0. The predicted octanol–water partition coefficient (Wildman–Crippen LogP) is 13.8. The van der Waals surface area contributed by atoms with Crippen molar-refractivity contribution in [2.75, 3.05) is 4.90 Å². The summed E-state index contributed by atoms with van der Waals surface area (Å²) in [6.45, 7) is 10.9. The van der Waals surface area contributed by atoms with Gasteiger partial charge in [0.15, 0.2) is 0 Å². The summed E-state index contributed by atoms with van der Waals surface area (Å²) in [4.78, 5) is 18.6. The third kappa shape index (κ3) is 9.67. The number of hydrogen-bond acceptors (Lipinski definition) is 5. The Hall–Kier alpha value is -4.44. The smallest absolute Gasteiger partial charge is 0.346 e. The van der Waals surface area contributed by atoms with Gasteiger partial charge in [0.1, 0.15) is 11.6 Å². The lowest BCUT2D eigenvalue weighted by atomic mass is 10.0. The van der Waals surface area contributed by atoms with Crippen LogP contribution in [0.4, 0.5) is 17.1 Å². The molecule has 0 unspecified atom stereocenters. The number of anilines is 3. The Morgan fingerprint density at radius 2 is 1.24 bits per heavy atom. The number of carboxylic acid groups (broad SMARTS) is 1. The molecular formula is C45H50N2O2S2. The molecular weight excluding hydrogens is 665 g/mol. The average Bonchev–Trinajstić information content (AvgIpc) is 3.72. The Bertz CT molecular complexity index is 1950. The van der Waals surface area contributed by atoms with E-state index in [9.17, 15) is 15.2 Å². The van der Waals surface area contributed by atoms with Gasteiger partial charge in [-0.25, -0.2) is 4.79 Å². The Labute approximate surface area is 312 Å². The van der Waals surface area contributed by atoms with Crippen molar-refractivity contribution in [1.82, 2.24) is 0 Å². The van der Waals surface area contributed by atoms with Gasteiger partial charge in [0.25, 0.3) is 0 Å². The molecule has 0 saturated carbocycles. The quantitative estimate of drug-likeness (QED) is 0.0591. The molecule has 1 N–H and O–H groups in total. The fraction of sp³-hybridized carbons (Fsp3) is 0.333. The number of aryl methyl sites for hydroxylation is 5. The highest BCUT2D eigenvalue weighted by molar-refractivity contribution is 7.24. The van der Waals surface area contributed by atoms with Crippen molar-refractivity contribution in [3.05, 3.63) is 117 Å². The van der Waals surface area contributed by atoms with E-state index in [-0.39, 0.29) is 5.57 Å². The van der Waals surface area contributed by atoms with Gasteiger partial charge >= 0.3 is 5.97 Å². The largest absolute Gasteiger partial charge is 0.477 e. The number of unbranched alkanes of at least 4 members (excludes halogenated alkanes) is 6. The molecule has 0 amide bonds. The van der Waals surface area contributed by atoms with Crippen LogP contribution in [0, 0.1) is 32.1 Å². The standard InChI is InChI=1S/C45H50N2O2S2/c1-6-8-10-12-14-34-27-40(28-36(30-46)45(48)49)50-43(34)44-35(15-13-11-9-7-2)29-42(51-44)41-25-24-39(26-33(41)5)47(37-20-16-31(3)17-21-37)38-22-18-32(4)19-23-38/h16-29H,6-15H2,1-5H3,(H,48,49)/b36-28+. The molecule has 2 heterocycles. The van der Waals surface area contributed by atoms with Crippen molar-refractivity contribution in [2.45, 2.75) is 98.8 Å². The molecule has 0 aliphatic heterocycles. The SMILES string of the molecule is CCCCCCc1cc(/C=C(\C#N)C(=O)O)sc1-c1sc(-c2ccc(N(c3ccc(C)cc3)c3ccc(C)cc3)cc2C)cc1CCCCCC. The number of carbonyl (C=O) groups is 1. The monoisotopic (exact) mass is 714 g/mol. The first-order chi connectivity index (χ1) is 24.7. The van der Waals surface area contributed by atoms with Crippen LogP contribution in [0.25, 0.3) is 26.3 Å². The molecule has 0 bridgehead atoms. The van der Waals surface area contributed by atoms with E-state index in [1.165, 1.54) is 92.6 Å². The van der Waals surface area contributed by atoms with Crippen LogP contribution in [0.2, 0.25) is 0 Å². The molecule has 5 rings (SSSR count). The van der Waals surface area contributed by atoms with Crippen LogP contribution < -0.4 is 4.90 Å². The molecule has 5 aromatic rings. The Balaban J connectivity index is 1.58. The average molecular weight is 715 g/mol. The number of rotatable bonds is 17. The minimum Gasteiger partial charge on any atom is -0.477 e. The summed E-state index contributed by atoms with van der Waals surface area (Å²) in [6.07, 6.45) is 12.9. The van der Waals surface area contributed by atoms with Crippen molar-refractivity contribution in [1.29, 1.82) is 5.26 Å². The molecule has 0 atom stereocenters. The fourth-order valence-corrected chi connectivity index (χ4v) is 9.16. The Morgan fingerprint density at radius 3 is 1.75 bits per heavy atom. The number of nitriles is 1. The van der Waals surface area contributed by atoms with Crippen LogP contribution in [0.5, 0.6) is 0 Å². The zero-order chi connectivity index (χ0) is 36.3. The fourth-order valence-electron chi connectivity index (χ4n) is 6.51. The molecule has 264 valence electrons. The van der Waals surface area contributed by atoms with Gasteiger partial charge in [0.2, 0.25) is 0 Å². The third-order valence-corrected chi connectivity index (χ3v) is 11.9. The molecule has 0 saturated heterocycles. The molecule has 0 aliphatic rings. The highest BCUT2D eigenvalue weighted by atomic mass is 32.1. The van der Waals surface area contributed by atoms with Crippen LogP contribution in [0.1, 0.15) is 97.9 Å². The van der Waals surface area contributed by atoms with Gasteiger partial charge < -0.3 is 10.0 Å². The zero-order valence-corrected chi connectivity index (χ0v) is 32.4. The predicted molar refractivity (Wildman–Crippen MR) is 219 cm³/mol. The van der Waals surface area contributed by atoms with Gasteiger partial charge in [-0.2, -0.15) is 5.26 Å². The van der Waals surface area contributed by atoms with E-state index in [1.54, 1.807) is 11.3 Å². The van der Waals surface area contributed by atoms with Crippen LogP contribution in [-0.2, 0) is 17.6 Å². The van der Waals surface area contributed by atoms with Crippen molar-refractivity contribution < 1.29 is 9.90 Å². The zero-order valence-electron chi connectivity index (χ0n) is 30.7. The molecule has 0 spiro atoms. The van der Waals surface area contributed by atoms with Gasteiger partial charge in [-0.05, 0) is 123 Å². The number of nitrogens with zero attached hydrogens (tertiary/aromatic N) is 2. The second-order valence-electron chi connectivity index (χ2n) is 13.6. The molecule has 0 aliphatic carbocycles. The minimum atomic E-state index is -1.19. The Morgan fingerprint density at radius 1 is 0.706 bits per heavy atom. The van der Waals surface area contributed by atoms with Crippen molar-refractivity contribution in [2.24, 2.45) is 0 Å². The minimum absolute atomic E-state index is 0.229. The second kappa shape index (κ2) is 18.2. The van der Waals surface area contributed by atoms with Crippen molar-refractivity contribution in [3.63, 3.8) is 0 Å².